The van der Waals surface area contributed by atoms with E-state index in [1.54, 1.807) is 28.8 Å². The van der Waals surface area contributed by atoms with E-state index in [2.05, 4.69) is 25.7 Å². The van der Waals surface area contributed by atoms with Crippen LogP contribution in [-0.2, 0) is 7.05 Å². The maximum absolute atomic E-state index is 12.7. The Morgan fingerprint density at radius 1 is 1.16 bits per heavy atom. The van der Waals surface area contributed by atoms with Gasteiger partial charge in [0.1, 0.15) is 11.3 Å². The molecule has 7 nitrogen and oxygen atoms in total. The first-order valence-electron chi connectivity index (χ1n) is 9.92. The van der Waals surface area contributed by atoms with Gasteiger partial charge in [-0.05, 0) is 61.6 Å². The summed E-state index contributed by atoms with van der Waals surface area (Å²) in [5, 5.41) is 10.5. The molecule has 0 bridgehead atoms. The van der Waals surface area contributed by atoms with Crippen LogP contribution in [0.3, 0.4) is 0 Å². The minimum atomic E-state index is -0.124. The molecule has 0 radical (unpaired) electrons. The van der Waals surface area contributed by atoms with Crippen molar-refractivity contribution in [2.45, 2.75) is 24.8 Å². The summed E-state index contributed by atoms with van der Waals surface area (Å²) in [6, 6.07) is 13.5. The number of carbonyl (C=O) groups is 1. The van der Waals surface area contributed by atoms with Crippen molar-refractivity contribution in [2.75, 3.05) is 16.9 Å². The van der Waals surface area contributed by atoms with Gasteiger partial charge < -0.3 is 10.6 Å². The molecular formula is C23H24N6OS. The molecule has 2 aromatic carbocycles. The maximum Gasteiger partial charge on any atom is 0.255 e. The van der Waals surface area contributed by atoms with Crippen LogP contribution in [-0.4, -0.2) is 31.9 Å². The molecule has 0 unspecified atom stereocenters. The first-order chi connectivity index (χ1) is 14.9. The molecule has 0 fully saturated rings. The van der Waals surface area contributed by atoms with Gasteiger partial charge in [0.15, 0.2) is 5.65 Å². The van der Waals surface area contributed by atoms with Crippen LogP contribution in [0, 0.1) is 6.92 Å². The third kappa shape index (κ3) is 4.54. The predicted molar refractivity (Wildman–Crippen MR) is 126 cm³/mol. The lowest BCUT2D eigenvalue weighted by atomic mass is 10.1. The number of hydrogen-bond acceptors (Lipinski definition) is 6. The van der Waals surface area contributed by atoms with Gasteiger partial charge in [-0.1, -0.05) is 12.1 Å². The number of fused-ring (bicyclic) bond motifs is 1. The fraction of sp³-hybridized carbons (Fsp3) is 0.217. The molecule has 0 saturated carbocycles. The number of carbonyl (C=O) groups excluding carboxylic acids is 1. The SMILES string of the molecule is CSc1ccc(C(=O)Nc2cccc([C@H](C)Nc3cnc4cnn(C)c4n3)c2)cc1C. The van der Waals surface area contributed by atoms with Crippen LogP contribution >= 0.6 is 11.8 Å². The summed E-state index contributed by atoms with van der Waals surface area (Å²) in [7, 11) is 1.84. The highest BCUT2D eigenvalue weighted by molar-refractivity contribution is 7.98. The molecule has 8 heteroatoms. The summed E-state index contributed by atoms with van der Waals surface area (Å²) in [5.41, 5.74) is 4.99. The van der Waals surface area contributed by atoms with E-state index in [1.165, 1.54) is 4.90 Å². The number of aryl methyl sites for hydroxylation is 2. The van der Waals surface area contributed by atoms with E-state index in [0.717, 1.165) is 28.0 Å². The average molecular weight is 433 g/mol. The standard InChI is InChI=1S/C23H24N6OS/c1-14-10-17(8-9-20(14)31-4)23(30)27-18-7-5-6-16(11-18)15(2)26-21-13-24-19-12-25-29(3)22(19)28-21/h5-13,15H,1-4H3,(H,26,28)(H,27,30)/t15-/m0/s1. The first kappa shape index (κ1) is 20.9. The Bertz CT molecular complexity index is 1250. The third-order valence-corrected chi connectivity index (χ3v) is 6.00. The van der Waals surface area contributed by atoms with Crippen molar-refractivity contribution in [3.8, 4) is 0 Å². The van der Waals surface area contributed by atoms with E-state index < -0.39 is 0 Å². The predicted octanol–water partition coefficient (Wildman–Crippen LogP) is 4.82. The van der Waals surface area contributed by atoms with Gasteiger partial charge in [-0.15, -0.1) is 11.8 Å². The van der Waals surface area contributed by atoms with Gasteiger partial charge >= 0.3 is 0 Å². The van der Waals surface area contributed by atoms with Crippen LogP contribution in [0.4, 0.5) is 11.5 Å². The molecule has 0 aliphatic heterocycles. The topological polar surface area (TPSA) is 84.7 Å². The van der Waals surface area contributed by atoms with Gasteiger partial charge in [-0.25, -0.2) is 14.6 Å². The lowest BCUT2D eigenvalue weighted by Crippen LogP contribution is -2.13. The number of thioether (sulfide) groups is 1. The van der Waals surface area contributed by atoms with Crippen molar-refractivity contribution in [3.05, 3.63) is 71.5 Å². The Morgan fingerprint density at radius 3 is 2.77 bits per heavy atom. The molecule has 0 saturated heterocycles. The van der Waals surface area contributed by atoms with Crippen molar-refractivity contribution in [3.63, 3.8) is 0 Å². The normalized spacial score (nSPS) is 12.0. The second-order valence-corrected chi connectivity index (χ2v) is 8.21. The number of nitrogens with one attached hydrogen (secondary N) is 2. The van der Waals surface area contributed by atoms with E-state index in [4.69, 9.17) is 0 Å². The van der Waals surface area contributed by atoms with Gasteiger partial charge in [0.05, 0.1) is 18.4 Å². The van der Waals surface area contributed by atoms with E-state index >= 15 is 0 Å². The number of aromatic nitrogens is 4. The van der Waals surface area contributed by atoms with Gasteiger partial charge in [0.2, 0.25) is 0 Å². The molecule has 2 aromatic heterocycles. The molecule has 2 N–H and O–H groups in total. The van der Waals surface area contributed by atoms with Crippen LogP contribution in [0.5, 0.6) is 0 Å². The summed E-state index contributed by atoms with van der Waals surface area (Å²) in [6.07, 6.45) is 5.42. The van der Waals surface area contributed by atoms with Crippen molar-refractivity contribution in [2.24, 2.45) is 7.05 Å². The first-order valence-corrected chi connectivity index (χ1v) is 11.1. The fourth-order valence-electron chi connectivity index (χ4n) is 3.40. The Kier molecular flexibility index (Phi) is 5.90. The van der Waals surface area contributed by atoms with Crippen molar-refractivity contribution in [1.82, 2.24) is 19.7 Å². The van der Waals surface area contributed by atoms with Crippen LogP contribution < -0.4 is 10.6 Å². The van der Waals surface area contributed by atoms with Crippen molar-refractivity contribution >= 4 is 40.3 Å². The van der Waals surface area contributed by atoms with Gasteiger partial charge in [0, 0.05) is 23.2 Å². The monoisotopic (exact) mass is 432 g/mol. The molecule has 31 heavy (non-hydrogen) atoms. The molecule has 0 aliphatic rings. The third-order valence-electron chi connectivity index (χ3n) is 5.11. The van der Waals surface area contributed by atoms with E-state index in [-0.39, 0.29) is 11.9 Å². The molecule has 1 amide bonds. The van der Waals surface area contributed by atoms with Crippen molar-refractivity contribution in [1.29, 1.82) is 0 Å². The average Bonchev–Trinajstić information content (AvgIpc) is 3.14. The molecule has 0 aliphatic carbocycles. The zero-order valence-electron chi connectivity index (χ0n) is 17.9. The van der Waals surface area contributed by atoms with E-state index in [0.29, 0.717) is 11.4 Å². The Balaban J connectivity index is 1.48. The molecule has 1 atom stereocenters. The number of benzene rings is 2. The number of nitrogens with zero attached hydrogens (tertiary/aromatic N) is 4. The molecule has 0 spiro atoms. The number of anilines is 2. The van der Waals surface area contributed by atoms with Crippen LogP contribution in [0.15, 0.2) is 59.8 Å². The Morgan fingerprint density at radius 2 is 2.00 bits per heavy atom. The van der Waals surface area contributed by atoms with Crippen LogP contribution in [0.2, 0.25) is 0 Å². The highest BCUT2D eigenvalue weighted by atomic mass is 32.2. The highest BCUT2D eigenvalue weighted by Gasteiger charge is 2.12. The second kappa shape index (κ2) is 8.77. The lowest BCUT2D eigenvalue weighted by Gasteiger charge is -2.16. The van der Waals surface area contributed by atoms with Gasteiger partial charge in [-0.2, -0.15) is 5.10 Å². The quantitative estimate of drug-likeness (QED) is 0.425. The molecular weight excluding hydrogens is 408 g/mol. The van der Waals surface area contributed by atoms with Gasteiger partial charge in [0.25, 0.3) is 5.91 Å². The largest absolute Gasteiger partial charge is 0.362 e. The summed E-state index contributed by atoms with van der Waals surface area (Å²) in [4.78, 5) is 22.9. The highest BCUT2D eigenvalue weighted by Crippen LogP contribution is 2.24. The smallest absolute Gasteiger partial charge is 0.255 e. The molecule has 4 aromatic rings. The number of rotatable bonds is 6. The molecule has 158 valence electrons. The summed E-state index contributed by atoms with van der Waals surface area (Å²) >= 11 is 1.67. The molecule has 4 rings (SSSR count). The van der Waals surface area contributed by atoms with Crippen LogP contribution in [0.25, 0.3) is 11.2 Å². The minimum Gasteiger partial charge on any atom is -0.362 e. The summed E-state index contributed by atoms with van der Waals surface area (Å²) in [6.45, 7) is 4.06. The maximum atomic E-state index is 12.7. The van der Waals surface area contributed by atoms with Gasteiger partial charge in [-0.3, -0.25) is 4.79 Å². The van der Waals surface area contributed by atoms with Crippen molar-refractivity contribution < 1.29 is 4.79 Å². The van der Waals surface area contributed by atoms with Crippen LogP contribution in [0.1, 0.15) is 34.5 Å². The summed E-state index contributed by atoms with van der Waals surface area (Å²) in [5.74, 6) is 0.545. The number of hydrogen-bond donors (Lipinski definition) is 2. The zero-order chi connectivity index (χ0) is 22.0. The summed E-state index contributed by atoms with van der Waals surface area (Å²) < 4.78 is 1.70. The Labute approximate surface area is 185 Å². The van der Waals surface area contributed by atoms with E-state index in [9.17, 15) is 4.79 Å². The fourth-order valence-corrected chi connectivity index (χ4v) is 3.98. The minimum absolute atomic E-state index is 0.0278. The second-order valence-electron chi connectivity index (χ2n) is 7.36. The zero-order valence-corrected chi connectivity index (χ0v) is 18.7. The van der Waals surface area contributed by atoms with E-state index in [1.807, 2.05) is 69.6 Å². The Hall–Kier alpha value is -3.39. The number of amides is 1. The lowest BCUT2D eigenvalue weighted by molar-refractivity contribution is 0.102. The molecule has 2 heterocycles.